The number of esters is 1. The zero-order chi connectivity index (χ0) is 22.4. The van der Waals surface area contributed by atoms with Crippen molar-refractivity contribution in [3.63, 3.8) is 0 Å². The lowest BCUT2D eigenvalue weighted by Gasteiger charge is -2.10. The monoisotopic (exact) mass is 439 g/mol. The quantitative estimate of drug-likeness (QED) is 0.537. The molecule has 3 rings (SSSR count). The van der Waals surface area contributed by atoms with E-state index in [0.717, 1.165) is 16.3 Å². The minimum Gasteiger partial charge on any atom is -0.497 e. The maximum atomic E-state index is 12.6. The van der Waals surface area contributed by atoms with Crippen molar-refractivity contribution >= 4 is 40.5 Å². The van der Waals surface area contributed by atoms with Gasteiger partial charge in [0.15, 0.2) is 0 Å². The fourth-order valence-electron chi connectivity index (χ4n) is 2.78. The van der Waals surface area contributed by atoms with Crippen LogP contribution in [0.5, 0.6) is 5.75 Å². The minimum absolute atomic E-state index is 0.0147. The van der Waals surface area contributed by atoms with Crippen LogP contribution in [0.3, 0.4) is 0 Å². The molecule has 0 aliphatic carbocycles. The van der Waals surface area contributed by atoms with Gasteiger partial charge >= 0.3 is 5.97 Å². The molecule has 2 amide bonds. The van der Waals surface area contributed by atoms with Crippen molar-refractivity contribution in [2.45, 2.75) is 20.5 Å². The Balaban J connectivity index is 1.72. The number of nitrogens with zero attached hydrogens (tertiary/aromatic N) is 1. The summed E-state index contributed by atoms with van der Waals surface area (Å²) in [5, 5.41) is 7.80. The highest BCUT2D eigenvalue weighted by Gasteiger charge is 2.14. The van der Waals surface area contributed by atoms with Gasteiger partial charge in [0.1, 0.15) is 17.4 Å². The van der Waals surface area contributed by atoms with Crippen molar-refractivity contribution < 1.29 is 23.9 Å². The van der Waals surface area contributed by atoms with Crippen LogP contribution < -0.4 is 15.4 Å². The van der Waals surface area contributed by atoms with Crippen molar-refractivity contribution in [3.05, 3.63) is 59.1 Å². The zero-order valence-corrected chi connectivity index (χ0v) is 18.0. The molecule has 8 nitrogen and oxygen atoms in total. The van der Waals surface area contributed by atoms with Crippen LogP contribution in [0.4, 0.5) is 11.4 Å². The number of ether oxygens (including phenoxy) is 2. The number of carbonyl (C=O) groups is 3. The molecule has 0 saturated carbocycles. The van der Waals surface area contributed by atoms with Crippen molar-refractivity contribution in [1.29, 1.82) is 0 Å². The van der Waals surface area contributed by atoms with E-state index in [9.17, 15) is 14.4 Å². The highest BCUT2D eigenvalue weighted by Crippen LogP contribution is 2.27. The van der Waals surface area contributed by atoms with Gasteiger partial charge in [0.2, 0.25) is 11.8 Å². The van der Waals surface area contributed by atoms with Gasteiger partial charge < -0.3 is 20.1 Å². The minimum atomic E-state index is -0.602. The van der Waals surface area contributed by atoms with E-state index < -0.39 is 5.97 Å². The van der Waals surface area contributed by atoms with Gasteiger partial charge in [-0.15, -0.1) is 11.3 Å². The second-order valence-corrected chi connectivity index (χ2v) is 7.47. The van der Waals surface area contributed by atoms with Crippen LogP contribution in [-0.2, 0) is 20.9 Å². The number of methoxy groups -OCH3 is 1. The topological polar surface area (TPSA) is 107 Å². The number of nitrogens with one attached hydrogen (secondary N) is 2. The van der Waals surface area contributed by atoms with E-state index in [1.54, 1.807) is 13.2 Å². The smallest absolute Gasteiger partial charge is 0.338 e. The van der Waals surface area contributed by atoms with Crippen LogP contribution in [0.2, 0.25) is 0 Å². The predicted octanol–water partition coefficient (Wildman–Crippen LogP) is 4.09. The highest BCUT2D eigenvalue weighted by atomic mass is 32.1. The van der Waals surface area contributed by atoms with Gasteiger partial charge in [-0.3, -0.25) is 9.59 Å². The summed E-state index contributed by atoms with van der Waals surface area (Å²) in [5.74, 6) is -0.469. The Bertz CT molecular complexity index is 1090. The Labute approximate surface area is 183 Å². The molecule has 0 atom stereocenters. The van der Waals surface area contributed by atoms with E-state index in [1.807, 2.05) is 29.6 Å². The number of benzene rings is 2. The van der Waals surface area contributed by atoms with Crippen LogP contribution in [0, 0.1) is 0 Å². The molecular weight excluding hydrogens is 418 g/mol. The van der Waals surface area contributed by atoms with E-state index >= 15 is 0 Å². The van der Waals surface area contributed by atoms with Crippen LogP contribution in [0.15, 0.2) is 47.8 Å². The molecule has 1 aromatic heterocycles. The first-order valence-corrected chi connectivity index (χ1v) is 10.2. The normalized spacial score (nSPS) is 10.3. The molecule has 0 unspecified atom stereocenters. The fraction of sp³-hybridized carbons (Fsp3) is 0.182. The second kappa shape index (κ2) is 9.86. The third kappa shape index (κ3) is 6.13. The lowest BCUT2D eigenvalue weighted by molar-refractivity contribution is -0.115. The third-order valence-electron chi connectivity index (χ3n) is 4.03. The molecule has 9 heteroatoms. The van der Waals surface area contributed by atoms with Gasteiger partial charge in [-0.2, -0.15) is 0 Å². The Morgan fingerprint density at radius 3 is 2.29 bits per heavy atom. The van der Waals surface area contributed by atoms with Crippen LogP contribution in [0.1, 0.15) is 29.9 Å². The molecule has 31 heavy (non-hydrogen) atoms. The average Bonchev–Trinajstić information content (AvgIpc) is 3.20. The van der Waals surface area contributed by atoms with Gasteiger partial charge in [-0.25, -0.2) is 9.78 Å². The molecule has 0 spiro atoms. The average molecular weight is 439 g/mol. The Kier molecular flexibility index (Phi) is 6.99. The van der Waals surface area contributed by atoms with Crippen molar-refractivity contribution in [3.8, 4) is 16.3 Å². The summed E-state index contributed by atoms with van der Waals surface area (Å²) in [6, 6.07) is 12.1. The van der Waals surface area contributed by atoms with E-state index in [2.05, 4.69) is 15.6 Å². The number of thiazole rings is 1. The summed E-state index contributed by atoms with van der Waals surface area (Å²) in [6.07, 6.45) is 0. The largest absolute Gasteiger partial charge is 0.497 e. The van der Waals surface area contributed by atoms with Gasteiger partial charge in [-0.1, -0.05) is 12.1 Å². The van der Waals surface area contributed by atoms with E-state index in [4.69, 9.17) is 9.47 Å². The maximum absolute atomic E-state index is 12.6. The molecule has 0 aliphatic heterocycles. The molecular formula is C22H21N3O5S. The maximum Gasteiger partial charge on any atom is 0.338 e. The van der Waals surface area contributed by atoms with Crippen molar-refractivity contribution in [2.24, 2.45) is 0 Å². The summed E-state index contributed by atoms with van der Waals surface area (Å²) in [7, 11) is 1.60. The number of carbonyl (C=O) groups excluding carboxylic acids is 3. The Morgan fingerprint density at radius 2 is 1.68 bits per heavy atom. The standard InChI is InChI=1S/C22H21N3O5S/c1-13(26)23-17-7-16(8-18(10-17)24-14(2)27)22(28)30-11-19-12-31-21(25-19)15-5-4-6-20(9-15)29-3/h4-10,12H,11H2,1-3H3,(H,23,26)(H,24,27). The first kappa shape index (κ1) is 22.0. The third-order valence-corrected chi connectivity index (χ3v) is 4.97. The SMILES string of the molecule is COc1cccc(-c2nc(COC(=O)c3cc(NC(C)=O)cc(NC(C)=O)c3)cs2)c1. The van der Waals surface area contributed by atoms with Crippen molar-refractivity contribution in [2.75, 3.05) is 17.7 Å². The highest BCUT2D eigenvalue weighted by molar-refractivity contribution is 7.13. The van der Waals surface area contributed by atoms with E-state index in [0.29, 0.717) is 17.1 Å². The summed E-state index contributed by atoms with van der Waals surface area (Å²) in [5.41, 5.74) is 2.46. The molecule has 2 N–H and O–H groups in total. The molecule has 0 bridgehead atoms. The summed E-state index contributed by atoms with van der Waals surface area (Å²) in [4.78, 5) is 39.8. The molecule has 0 radical (unpaired) electrons. The van der Waals surface area contributed by atoms with Crippen molar-refractivity contribution in [1.82, 2.24) is 4.98 Å². The molecule has 2 aromatic carbocycles. The zero-order valence-electron chi connectivity index (χ0n) is 17.2. The molecule has 160 valence electrons. The molecule has 0 saturated heterocycles. The molecule has 0 aliphatic rings. The van der Waals surface area contributed by atoms with Gasteiger partial charge in [0, 0.05) is 36.2 Å². The summed E-state index contributed by atoms with van der Waals surface area (Å²) in [6.45, 7) is 2.69. The molecule has 0 fully saturated rings. The number of rotatable bonds is 7. The number of hydrogen-bond acceptors (Lipinski definition) is 7. The fourth-order valence-corrected chi connectivity index (χ4v) is 3.58. The summed E-state index contributed by atoms with van der Waals surface area (Å²) >= 11 is 1.43. The number of hydrogen-bond donors (Lipinski definition) is 2. The first-order chi connectivity index (χ1) is 14.8. The van der Waals surface area contributed by atoms with Gasteiger partial charge in [-0.05, 0) is 30.3 Å². The van der Waals surface area contributed by atoms with Crippen LogP contribution >= 0.6 is 11.3 Å². The lowest BCUT2D eigenvalue weighted by Crippen LogP contribution is -2.12. The number of amides is 2. The predicted molar refractivity (Wildman–Crippen MR) is 118 cm³/mol. The lowest BCUT2D eigenvalue weighted by atomic mass is 10.1. The first-order valence-electron chi connectivity index (χ1n) is 9.30. The Morgan fingerprint density at radius 1 is 1.00 bits per heavy atom. The van der Waals surface area contributed by atoms with Gasteiger partial charge in [0.05, 0.1) is 18.4 Å². The second-order valence-electron chi connectivity index (χ2n) is 6.61. The van der Waals surface area contributed by atoms with Gasteiger partial charge in [0.25, 0.3) is 0 Å². The molecule has 3 aromatic rings. The number of anilines is 2. The summed E-state index contributed by atoms with van der Waals surface area (Å²) < 4.78 is 10.6. The van der Waals surface area contributed by atoms with Crippen LogP contribution in [0.25, 0.3) is 10.6 Å². The Hall–Kier alpha value is -3.72. The number of aromatic nitrogens is 1. The van der Waals surface area contributed by atoms with E-state index in [-0.39, 0.29) is 24.0 Å². The molecule has 1 heterocycles. The van der Waals surface area contributed by atoms with Crippen LogP contribution in [-0.4, -0.2) is 29.9 Å². The van der Waals surface area contributed by atoms with E-state index in [1.165, 1.54) is 37.3 Å².